The Morgan fingerprint density at radius 2 is 0.849 bits per heavy atom. The highest BCUT2D eigenvalue weighted by atomic mass is 79.9. The molecule has 0 aliphatic carbocycles. The molecule has 31 nitrogen and oxygen atoms in total. The lowest BCUT2D eigenvalue weighted by Gasteiger charge is -2.41. The predicted molar refractivity (Wildman–Crippen MR) is 594 cm³/mol. The molecule has 8 N–H and O–H groups in total. The average molecular weight is 2150 g/mol. The predicted octanol–water partition coefficient (Wildman–Crippen LogP) is 19.4. The number of phenolic OH excluding ortho intramolecular Hbond substituents is 1. The largest absolute Gasteiger partial charge is 0.506 e. The van der Waals surface area contributed by atoms with E-state index in [4.69, 9.17) is 0 Å². The summed E-state index contributed by atoms with van der Waals surface area (Å²) in [4.78, 5) is 109. The summed E-state index contributed by atoms with van der Waals surface area (Å²) in [6.45, 7) is 50.0. The van der Waals surface area contributed by atoms with Crippen molar-refractivity contribution in [2.24, 2.45) is 5.92 Å². The number of carbonyl (C=O) groups excluding carboxylic acids is 4. The number of pyridine rings is 2. The summed E-state index contributed by atoms with van der Waals surface area (Å²) in [5.74, 6) is 1.04. The van der Waals surface area contributed by atoms with E-state index in [0.717, 1.165) is 236 Å². The van der Waals surface area contributed by atoms with Crippen LogP contribution in [0.2, 0.25) is 0 Å². The van der Waals surface area contributed by atoms with Crippen molar-refractivity contribution in [3.63, 3.8) is 0 Å². The number of urea groups is 3. The number of nitrogens with zero attached hydrogens (tertiary/aromatic N) is 15. The number of halogens is 2. The number of piperidine rings is 6. The van der Waals surface area contributed by atoms with Gasteiger partial charge in [0.25, 0.3) is 0 Å². The van der Waals surface area contributed by atoms with Crippen LogP contribution in [0.15, 0.2) is 183 Å². The molecule has 10 aliphatic heterocycles. The van der Waals surface area contributed by atoms with Crippen molar-refractivity contribution >= 4 is 111 Å². The van der Waals surface area contributed by atoms with Crippen molar-refractivity contribution in [1.82, 2.24) is 88.0 Å². The molecule has 10 aromatic rings. The fourth-order valence-corrected chi connectivity index (χ4v) is 24.5. The first-order valence-electron chi connectivity index (χ1n) is 53.3. The average Bonchev–Trinajstić information content (AvgIpc) is 1.58. The van der Waals surface area contributed by atoms with Gasteiger partial charge in [-0.25, -0.2) is 28.7 Å². The van der Waals surface area contributed by atoms with Crippen LogP contribution in [-0.2, 0) is 47.5 Å². The molecule has 790 valence electrons. The number of rotatable bonds is 19. The molecular weight excluding hydrogens is 1990 g/mol. The van der Waals surface area contributed by atoms with E-state index in [1.165, 1.54) is 11.1 Å². The van der Waals surface area contributed by atoms with Crippen LogP contribution in [0, 0.1) is 5.92 Å². The fourth-order valence-electron chi connectivity index (χ4n) is 21.8. The zero-order valence-corrected chi connectivity index (χ0v) is 92.5. The molecule has 0 bridgehead atoms. The van der Waals surface area contributed by atoms with Gasteiger partial charge in [-0.05, 0) is 288 Å². The number of anilines is 4. The van der Waals surface area contributed by atoms with Crippen molar-refractivity contribution in [2.45, 2.75) is 305 Å². The number of carbonyl (C=O) groups is 4. The van der Waals surface area contributed by atoms with Crippen molar-refractivity contribution in [3.05, 3.63) is 222 Å². The minimum Gasteiger partial charge on any atom is -0.506 e. The van der Waals surface area contributed by atoms with Crippen LogP contribution in [0.4, 0.5) is 37.1 Å². The van der Waals surface area contributed by atoms with E-state index < -0.39 is 10.2 Å². The van der Waals surface area contributed by atoms with Crippen molar-refractivity contribution in [2.75, 3.05) is 106 Å². The molecule has 14 heterocycles. The van der Waals surface area contributed by atoms with Gasteiger partial charge in [-0.15, -0.1) is 5.10 Å². The zero-order chi connectivity index (χ0) is 104. The number of ketones is 1. The van der Waals surface area contributed by atoms with E-state index in [0.29, 0.717) is 94.3 Å². The normalized spacial score (nSPS) is 19.2. The topological polar surface area (TPSA) is 329 Å². The Hall–Kier alpha value is -10.2. The lowest BCUT2D eigenvalue weighted by atomic mass is 9.95. The Morgan fingerprint density at radius 1 is 0.438 bits per heavy atom. The maximum absolute atomic E-state index is 12.6. The molecule has 34 heteroatoms. The molecule has 0 unspecified atom stereocenters. The number of likely N-dealkylation sites (tertiary alicyclic amines) is 6. The highest BCUT2D eigenvalue weighted by Gasteiger charge is 2.40. The van der Waals surface area contributed by atoms with E-state index in [-0.39, 0.29) is 77.1 Å². The molecule has 4 aromatic heterocycles. The van der Waals surface area contributed by atoms with Crippen LogP contribution in [0.5, 0.6) is 5.75 Å². The Morgan fingerprint density at radius 3 is 1.34 bits per heavy atom. The number of fused-ring (bicyclic) bond motifs is 7. The third-order valence-electron chi connectivity index (χ3n) is 30.6. The van der Waals surface area contributed by atoms with Crippen LogP contribution < -0.4 is 37.4 Å². The van der Waals surface area contributed by atoms with E-state index in [9.17, 15) is 42.3 Å². The van der Waals surface area contributed by atoms with Gasteiger partial charge in [-0.3, -0.25) is 29.0 Å². The third kappa shape index (κ3) is 28.9. The minimum atomic E-state index is -3.41. The molecule has 6 amide bonds. The summed E-state index contributed by atoms with van der Waals surface area (Å²) >= 11 is 6.64. The number of aromatic hydroxyl groups is 1. The number of H-pyrrole nitrogens is 2. The van der Waals surface area contributed by atoms with Crippen molar-refractivity contribution in [3.8, 4) is 17.1 Å². The highest BCUT2D eigenvalue weighted by Crippen LogP contribution is 2.38. The maximum atomic E-state index is 12.6. The lowest BCUT2D eigenvalue weighted by Crippen LogP contribution is -2.51. The summed E-state index contributed by atoms with van der Waals surface area (Å²) in [7, 11) is -3.41. The van der Waals surface area contributed by atoms with Crippen molar-refractivity contribution < 1.29 is 32.7 Å². The molecule has 0 spiro atoms. The number of para-hydroxylation sites is 4. The van der Waals surface area contributed by atoms with Gasteiger partial charge in [0.15, 0.2) is 11.6 Å². The Balaban J connectivity index is 0.000000135. The standard InChI is InChI=1S/C18H22N4O.C17H25N3O.C16H22N4O.C16H23N3O.C15H21Br2NO2.C15H22N4O.C15H23N3O2S/c1-12(2)21-9-7-13(8-10-21)22-16-11-19-15-6-4-3-5-14(15)17(16)20-18(22)23;1-13(2)19-10-8-15(9-11-19)20-12-7-14-5-3-4-6-16(14)18-17(20)21;1-12(2)19-10-8-14(9-11-19)20-16(21)17-15(18-20)13-6-4-3-5-7-13;1-12(2)18-9-7-14(8-10-18)19-11-13-5-3-4-6-15(13)17-16(19)20;1-8(2)14(19)13(18-9(3)4)7-10-5-11(16)15(20)12(17)6-10;1-11(2)18-7-4-13(5-8-18)19-10-12-3-6-16-9-14(12)17-15(19)20;1-12(2)17-9-7-14(8-10-17)18-11-13-5-3-4-6-15(13)16-21(18,19)20/h3-6,11-13H,7-10H2,1-2H3,(H,20,23);3-6,13,15H,7-12H2,1-2H3,(H,18,21);3-7,12,14H,8-11H2,1-2H3,(H,17,18,21);3-6,12,14H,7-11H2,1-2H3,(H,17,20);5-6,8-9,13,18,20H,7H2,1-4H3;3,6,9,11,13H,4-5,7-8,10H2,1-2H3,(H,17,20);3-6,12,14,16H,7-11H2,1-2H3/t;;;;13-;;/m....1../s1. The first kappa shape index (κ1) is 111. The second-order valence-corrected chi connectivity index (χ2v) is 46.1. The number of Topliss-reactive ketones (excluding diaryl/α,β-unsaturated/α-hetero) is 1. The van der Waals surface area contributed by atoms with Crippen LogP contribution in [-0.4, -0.2) is 278 Å². The molecule has 146 heavy (non-hydrogen) atoms. The number of hydrogen-bond donors (Lipinski definition) is 8. The smallest absolute Gasteiger partial charge is 0.343 e. The molecule has 6 aromatic carbocycles. The molecular formula is C112H158Br2N22O9S. The molecule has 20 rings (SSSR count). The van der Waals surface area contributed by atoms with E-state index in [1.54, 1.807) is 21.4 Å². The maximum Gasteiger partial charge on any atom is 0.343 e. The van der Waals surface area contributed by atoms with Gasteiger partial charge < -0.3 is 75.5 Å². The van der Waals surface area contributed by atoms with Gasteiger partial charge in [0.05, 0.1) is 61.3 Å². The number of phenols is 1. The second-order valence-electron chi connectivity index (χ2n) is 42.8. The summed E-state index contributed by atoms with van der Waals surface area (Å²) < 4.78 is 34.1. The SMILES string of the molecule is CC(C)N1CCC(N2CCc3ccccc3NC2=O)CC1.CC(C)N1CCC(N2Cc3ccccc3NC2=O)CC1.CC(C)N1CCC(N2Cc3ccccc3NS2(=O)=O)CC1.CC(C)N1CCC(N2Cc3ccncc3NC2=O)CC1.CC(C)N1CCC(n2c(=O)[nH]c3c4ccccc4ncc32)CC1.CC(C)N1CCC(n2nc(-c3ccccc3)[nH]c2=O)CC1.CC(C)N[C@H](Cc1cc(Br)c(O)c(Br)c1)C(=O)C(C)C. The number of aromatic amines is 2. The Kier molecular flexibility index (Phi) is 39.5. The number of benzene rings is 6. The third-order valence-corrected chi connectivity index (χ3v) is 33.3. The van der Waals surface area contributed by atoms with E-state index in [1.807, 2.05) is 182 Å². The number of hydrogen-bond acceptors (Lipinski definition) is 19. The van der Waals surface area contributed by atoms with Gasteiger partial charge in [0.1, 0.15) is 5.75 Å². The summed E-state index contributed by atoms with van der Waals surface area (Å²) in [5.41, 5.74) is 12.8. The lowest BCUT2D eigenvalue weighted by molar-refractivity contribution is -0.124. The van der Waals surface area contributed by atoms with Gasteiger partial charge >= 0.3 is 39.7 Å². The van der Waals surface area contributed by atoms with Crippen LogP contribution in [0.3, 0.4) is 0 Å². The van der Waals surface area contributed by atoms with E-state index in [2.05, 4.69) is 212 Å². The van der Waals surface area contributed by atoms with Crippen LogP contribution in [0.25, 0.3) is 33.3 Å². The van der Waals surface area contributed by atoms with Crippen molar-refractivity contribution in [1.29, 1.82) is 0 Å². The molecule has 6 saturated heterocycles. The molecule has 0 radical (unpaired) electrons. The van der Waals surface area contributed by atoms with Gasteiger partial charge in [-0.2, -0.15) is 12.7 Å². The number of amides is 6. The van der Waals surface area contributed by atoms with Crippen LogP contribution >= 0.6 is 31.9 Å². The zero-order valence-electron chi connectivity index (χ0n) is 88.5. The fraction of sp³-hybridized carbons (Fsp3) is 0.545. The molecule has 6 fully saturated rings. The van der Waals surface area contributed by atoms with Gasteiger partial charge in [0, 0.05) is 199 Å². The summed E-state index contributed by atoms with van der Waals surface area (Å²) in [6.07, 6.45) is 19.1. The number of imidazole rings is 1. The Labute approximate surface area is 881 Å². The molecule has 10 aliphatic rings. The summed E-state index contributed by atoms with van der Waals surface area (Å²) in [5, 5.41) is 27.6. The first-order valence-corrected chi connectivity index (χ1v) is 56.3. The van der Waals surface area contributed by atoms with Crippen LogP contribution in [0.1, 0.15) is 228 Å². The summed E-state index contributed by atoms with van der Waals surface area (Å²) in [6, 6.07) is 52.6. The second kappa shape index (κ2) is 51.8. The Bertz CT molecular complexity index is 6090. The highest BCUT2D eigenvalue weighted by molar-refractivity contribution is 9.11. The van der Waals surface area contributed by atoms with Gasteiger partial charge in [0.2, 0.25) is 0 Å². The van der Waals surface area contributed by atoms with Gasteiger partial charge in [-0.1, -0.05) is 131 Å². The van der Waals surface area contributed by atoms with E-state index >= 15 is 0 Å². The molecule has 1 atom stereocenters. The molecule has 0 saturated carbocycles. The minimum absolute atomic E-state index is 0.00440. The number of nitrogens with one attached hydrogen (secondary N) is 7. The number of aromatic nitrogens is 7. The first-order chi connectivity index (χ1) is 69.9. The quantitative estimate of drug-likeness (QED) is 0.0373. The monoisotopic (exact) mass is 2150 g/mol.